The van der Waals surface area contributed by atoms with E-state index in [1.807, 2.05) is 0 Å². The topological polar surface area (TPSA) is 12.0 Å². The minimum atomic E-state index is 0.442. The Kier molecular flexibility index (Phi) is 10.0. The highest BCUT2D eigenvalue weighted by Crippen LogP contribution is 2.17. The van der Waals surface area contributed by atoms with E-state index in [4.69, 9.17) is 0 Å². The van der Waals surface area contributed by atoms with Crippen molar-refractivity contribution in [2.24, 2.45) is 0 Å². The van der Waals surface area contributed by atoms with Gasteiger partial charge in [0, 0.05) is 10.5 Å². The fourth-order valence-electron chi connectivity index (χ4n) is 2.47. The van der Waals surface area contributed by atoms with E-state index in [2.05, 4.69) is 59.4 Å². The molecule has 1 aromatic carbocycles. The lowest BCUT2D eigenvalue weighted by Gasteiger charge is -2.14. The van der Waals surface area contributed by atoms with Crippen LogP contribution in [-0.2, 0) is 0 Å². The molecule has 0 aliphatic heterocycles. The molecule has 0 saturated heterocycles. The second-order valence-corrected chi connectivity index (χ2v) is 6.62. The first-order valence-corrected chi connectivity index (χ1v) is 9.02. The second-order valence-electron chi connectivity index (χ2n) is 5.71. The Morgan fingerprint density at radius 2 is 1.65 bits per heavy atom. The molecule has 1 unspecified atom stereocenters. The molecule has 0 aliphatic carbocycles. The van der Waals surface area contributed by atoms with Gasteiger partial charge in [-0.05, 0) is 37.6 Å². The van der Waals surface area contributed by atoms with E-state index in [1.165, 1.54) is 56.9 Å². The van der Waals surface area contributed by atoms with Crippen molar-refractivity contribution in [3.8, 4) is 0 Å². The monoisotopic (exact) mass is 339 g/mol. The molecule has 20 heavy (non-hydrogen) atoms. The number of unbranched alkanes of at least 4 members (excludes halogenated alkanes) is 7. The standard InChI is InChI=1S/C18H30BrN/c1-3-4-5-6-7-8-9-10-14-20-16(2)17-12-11-13-18(19)15-17/h11-13,15-16,20H,3-10,14H2,1-2H3. The molecule has 1 N–H and O–H groups in total. The molecule has 0 bridgehead atoms. The molecule has 0 fully saturated rings. The van der Waals surface area contributed by atoms with Crippen LogP contribution in [0.15, 0.2) is 28.7 Å². The molecule has 114 valence electrons. The van der Waals surface area contributed by atoms with Gasteiger partial charge in [0.05, 0.1) is 0 Å². The molecule has 1 rings (SSSR count). The van der Waals surface area contributed by atoms with E-state index in [0.29, 0.717) is 6.04 Å². The van der Waals surface area contributed by atoms with E-state index >= 15 is 0 Å². The van der Waals surface area contributed by atoms with Crippen LogP contribution in [0.2, 0.25) is 0 Å². The van der Waals surface area contributed by atoms with Crippen molar-refractivity contribution in [2.45, 2.75) is 71.3 Å². The van der Waals surface area contributed by atoms with E-state index < -0.39 is 0 Å². The number of benzene rings is 1. The van der Waals surface area contributed by atoms with Gasteiger partial charge in [-0.3, -0.25) is 0 Å². The van der Waals surface area contributed by atoms with Crippen molar-refractivity contribution in [1.29, 1.82) is 0 Å². The summed E-state index contributed by atoms with van der Waals surface area (Å²) in [4.78, 5) is 0. The van der Waals surface area contributed by atoms with Gasteiger partial charge >= 0.3 is 0 Å². The highest BCUT2D eigenvalue weighted by atomic mass is 79.9. The third-order valence-electron chi connectivity index (χ3n) is 3.83. The molecule has 0 amide bonds. The Hall–Kier alpha value is -0.340. The summed E-state index contributed by atoms with van der Waals surface area (Å²) in [6.07, 6.45) is 11.1. The van der Waals surface area contributed by atoms with Gasteiger partial charge in [-0.25, -0.2) is 0 Å². The van der Waals surface area contributed by atoms with E-state index in [-0.39, 0.29) is 0 Å². The zero-order chi connectivity index (χ0) is 14.6. The molecular formula is C18H30BrN. The van der Waals surface area contributed by atoms with Crippen LogP contribution >= 0.6 is 15.9 Å². The summed E-state index contributed by atoms with van der Waals surface area (Å²) in [5.74, 6) is 0. The van der Waals surface area contributed by atoms with Crippen molar-refractivity contribution in [1.82, 2.24) is 5.32 Å². The van der Waals surface area contributed by atoms with Gasteiger partial charge in [0.2, 0.25) is 0 Å². The Bertz CT molecular complexity index is 351. The first kappa shape index (κ1) is 17.7. The van der Waals surface area contributed by atoms with Crippen LogP contribution in [0.25, 0.3) is 0 Å². The number of halogens is 1. The lowest BCUT2D eigenvalue weighted by molar-refractivity contribution is 0.521. The zero-order valence-electron chi connectivity index (χ0n) is 13.1. The van der Waals surface area contributed by atoms with Crippen LogP contribution in [0.5, 0.6) is 0 Å². The van der Waals surface area contributed by atoms with Crippen LogP contribution in [-0.4, -0.2) is 6.54 Å². The summed E-state index contributed by atoms with van der Waals surface area (Å²) in [6, 6.07) is 9.02. The maximum atomic E-state index is 3.62. The summed E-state index contributed by atoms with van der Waals surface area (Å²) in [7, 11) is 0. The van der Waals surface area contributed by atoms with Gasteiger partial charge < -0.3 is 5.32 Å². The maximum absolute atomic E-state index is 3.62. The largest absolute Gasteiger partial charge is 0.310 e. The molecule has 0 heterocycles. The summed E-state index contributed by atoms with van der Waals surface area (Å²) < 4.78 is 1.16. The summed E-state index contributed by atoms with van der Waals surface area (Å²) in [6.45, 7) is 5.65. The summed E-state index contributed by atoms with van der Waals surface area (Å²) in [5.41, 5.74) is 1.36. The lowest BCUT2D eigenvalue weighted by Crippen LogP contribution is -2.19. The molecule has 0 spiro atoms. The van der Waals surface area contributed by atoms with Crippen LogP contribution in [0.3, 0.4) is 0 Å². The second kappa shape index (κ2) is 11.3. The van der Waals surface area contributed by atoms with Crippen molar-refractivity contribution >= 4 is 15.9 Å². The van der Waals surface area contributed by atoms with Gasteiger partial charge in [-0.1, -0.05) is 79.9 Å². The summed E-state index contributed by atoms with van der Waals surface area (Å²) >= 11 is 3.53. The SMILES string of the molecule is CCCCCCCCCCNC(C)c1cccc(Br)c1. The fraction of sp³-hybridized carbons (Fsp3) is 0.667. The Labute approximate surface area is 133 Å². The highest BCUT2D eigenvalue weighted by Gasteiger charge is 2.04. The van der Waals surface area contributed by atoms with Gasteiger partial charge in [0.1, 0.15) is 0 Å². The molecule has 0 aromatic heterocycles. The van der Waals surface area contributed by atoms with E-state index in [9.17, 15) is 0 Å². The quantitative estimate of drug-likeness (QED) is 0.470. The summed E-state index contributed by atoms with van der Waals surface area (Å²) in [5, 5.41) is 3.62. The normalized spacial score (nSPS) is 12.6. The van der Waals surface area contributed by atoms with Crippen molar-refractivity contribution in [2.75, 3.05) is 6.54 Å². The zero-order valence-corrected chi connectivity index (χ0v) is 14.7. The maximum Gasteiger partial charge on any atom is 0.0292 e. The first-order valence-electron chi connectivity index (χ1n) is 8.23. The average molecular weight is 340 g/mol. The van der Waals surface area contributed by atoms with Crippen molar-refractivity contribution < 1.29 is 0 Å². The van der Waals surface area contributed by atoms with Gasteiger partial charge in [0.25, 0.3) is 0 Å². The Balaban J connectivity index is 2.01. The van der Waals surface area contributed by atoms with Crippen LogP contribution in [0.1, 0.15) is 76.8 Å². The number of rotatable bonds is 11. The predicted octanol–water partition coefficient (Wildman–Crippen LogP) is 6.24. The number of nitrogens with one attached hydrogen (secondary N) is 1. The molecule has 0 aliphatic rings. The van der Waals surface area contributed by atoms with Gasteiger partial charge in [-0.2, -0.15) is 0 Å². The van der Waals surface area contributed by atoms with Crippen LogP contribution in [0, 0.1) is 0 Å². The predicted molar refractivity (Wildman–Crippen MR) is 93.2 cm³/mol. The van der Waals surface area contributed by atoms with Crippen LogP contribution < -0.4 is 5.32 Å². The van der Waals surface area contributed by atoms with Crippen molar-refractivity contribution in [3.63, 3.8) is 0 Å². The molecule has 1 aromatic rings. The van der Waals surface area contributed by atoms with Gasteiger partial charge in [0.15, 0.2) is 0 Å². The molecule has 0 radical (unpaired) electrons. The lowest BCUT2D eigenvalue weighted by atomic mass is 10.1. The average Bonchev–Trinajstić information content (AvgIpc) is 2.45. The molecule has 1 atom stereocenters. The first-order chi connectivity index (χ1) is 9.74. The third-order valence-corrected chi connectivity index (χ3v) is 4.32. The van der Waals surface area contributed by atoms with E-state index in [1.54, 1.807) is 0 Å². The molecule has 2 heteroatoms. The minimum Gasteiger partial charge on any atom is -0.310 e. The Morgan fingerprint density at radius 3 is 2.30 bits per heavy atom. The number of hydrogen-bond acceptors (Lipinski definition) is 1. The minimum absolute atomic E-state index is 0.442. The van der Waals surface area contributed by atoms with Crippen LogP contribution in [0.4, 0.5) is 0 Å². The van der Waals surface area contributed by atoms with E-state index in [0.717, 1.165) is 11.0 Å². The third kappa shape index (κ3) is 8.06. The van der Waals surface area contributed by atoms with Crippen molar-refractivity contribution in [3.05, 3.63) is 34.3 Å². The number of hydrogen-bond donors (Lipinski definition) is 1. The smallest absolute Gasteiger partial charge is 0.0292 e. The molecular weight excluding hydrogens is 310 g/mol. The molecule has 0 saturated carbocycles. The molecule has 1 nitrogen and oxygen atoms in total. The Morgan fingerprint density at radius 1 is 1.00 bits per heavy atom. The highest BCUT2D eigenvalue weighted by molar-refractivity contribution is 9.10. The van der Waals surface area contributed by atoms with Gasteiger partial charge in [-0.15, -0.1) is 0 Å². The fourth-order valence-corrected chi connectivity index (χ4v) is 2.89.